The summed E-state index contributed by atoms with van der Waals surface area (Å²) >= 11 is 1.20. The molecule has 1 aromatic heterocycles. The predicted octanol–water partition coefficient (Wildman–Crippen LogP) is 0.127. The number of amides is 1. The fourth-order valence-electron chi connectivity index (χ4n) is 0.494. The maximum Gasteiger partial charge on any atom is 0.227 e. The first kappa shape index (κ1) is 7.14. The van der Waals surface area contributed by atoms with Crippen LogP contribution in [0.1, 0.15) is 17.8 Å². The summed E-state index contributed by atoms with van der Waals surface area (Å²) in [6.07, 6.45) is 1.42. The topological polar surface area (TPSA) is 68.9 Å². The lowest BCUT2D eigenvalue weighted by Gasteiger charge is -1.98. The Labute approximate surface area is 62.2 Å². The summed E-state index contributed by atoms with van der Waals surface area (Å²) in [4.78, 5) is 14.4. The third-order valence-corrected chi connectivity index (χ3v) is 2.02. The Bertz CT molecular complexity index is 221. The van der Waals surface area contributed by atoms with Crippen LogP contribution >= 0.6 is 11.5 Å². The molecule has 1 atom stereocenters. The van der Waals surface area contributed by atoms with Gasteiger partial charge in [0.15, 0.2) is 0 Å². The zero-order chi connectivity index (χ0) is 7.56. The quantitative estimate of drug-likeness (QED) is 0.663. The summed E-state index contributed by atoms with van der Waals surface area (Å²) in [5.74, 6) is -0.677. The first-order chi connectivity index (χ1) is 4.72. The second-order valence-corrected chi connectivity index (χ2v) is 2.72. The van der Waals surface area contributed by atoms with Gasteiger partial charge in [0, 0.05) is 0 Å². The molecule has 4 nitrogen and oxygen atoms in total. The van der Waals surface area contributed by atoms with Crippen molar-refractivity contribution in [2.24, 2.45) is 5.73 Å². The van der Waals surface area contributed by atoms with E-state index in [0.717, 1.165) is 0 Å². The Morgan fingerprint density at radius 2 is 2.60 bits per heavy atom. The highest BCUT2D eigenvalue weighted by atomic mass is 32.1. The normalized spacial score (nSPS) is 12.9. The van der Waals surface area contributed by atoms with Crippen LogP contribution in [0.3, 0.4) is 0 Å². The lowest BCUT2D eigenvalue weighted by atomic mass is 10.2. The summed E-state index contributed by atoms with van der Waals surface area (Å²) in [7, 11) is 0. The highest BCUT2D eigenvalue weighted by molar-refractivity contribution is 7.05. The Morgan fingerprint density at radius 1 is 1.90 bits per heavy atom. The maximum atomic E-state index is 10.6. The van der Waals surface area contributed by atoms with Crippen molar-refractivity contribution in [2.75, 3.05) is 0 Å². The van der Waals surface area contributed by atoms with Crippen LogP contribution in [0.2, 0.25) is 0 Å². The molecule has 0 fully saturated rings. The summed E-state index contributed by atoms with van der Waals surface area (Å²) in [6.45, 7) is 1.71. The van der Waals surface area contributed by atoms with E-state index in [1.54, 1.807) is 6.92 Å². The van der Waals surface area contributed by atoms with Crippen LogP contribution < -0.4 is 5.73 Å². The lowest BCUT2D eigenvalue weighted by Crippen LogP contribution is -2.18. The number of carbonyl (C=O) groups is 1. The van der Waals surface area contributed by atoms with Crippen molar-refractivity contribution in [3.63, 3.8) is 0 Å². The lowest BCUT2D eigenvalue weighted by molar-refractivity contribution is -0.119. The zero-order valence-corrected chi connectivity index (χ0v) is 6.26. The van der Waals surface area contributed by atoms with Crippen molar-refractivity contribution in [3.05, 3.63) is 11.3 Å². The minimum atomic E-state index is -0.364. The van der Waals surface area contributed by atoms with Gasteiger partial charge in [-0.2, -0.15) is 4.37 Å². The molecular formula is C5H7N3OS. The standard InChI is InChI=1S/C5H7N3OS/c1-3(4(6)9)5-7-2-8-10-5/h2-3H,1H3,(H2,6,9). The van der Waals surface area contributed by atoms with Crippen LogP contribution in [0.5, 0.6) is 0 Å². The molecule has 1 unspecified atom stereocenters. The molecule has 0 aliphatic carbocycles. The fraction of sp³-hybridized carbons (Fsp3) is 0.400. The highest BCUT2D eigenvalue weighted by Crippen LogP contribution is 2.13. The first-order valence-electron chi connectivity index (χ1n) is 2.77. The molecule has 0 saturated carbocycles. The number of primary amides is 1. The van der Waals surface area contributed by atoms with E-state index in [9.17, 15) is 4.79 Å². The van der Waals surface area contributed by atoms with E-state index in [0.29, 0.717) is 5.01 Å². The second-order valence-electron chi connectivity index (χ2n) is 1.90. The highest BCUT2D eigenvalue weighted by Gasteiger charge is 2.13. The van der Waals surface area contributed by atoms with Gasteiger partial charge in [0.05, 0.1) is 5.92 Å². The molecular weight excluding hydrogens is 150 g/mol. The average Bonchev–Trinajstić information content (AvgIpc) is 2.36. The van der Waals surface area contributed by atoms with Crippen LogP contribution in [-0.4, -0.2) is 15.3 Å². The van der Waals surface area contributed by atoms with E-state index in [1.807, 2.05) is 0 Å². The van der Waals surface area contributed by atoms with Crippen LogP contribution in [-0.2, 0) is 4.79 Å². The molecule has 1 heterocycles. The van der Waals surface area contributed by atoms with Crippen LogP contribution in [0, 0.1) is 0 Å². The molecule has 0 spiro atoms. The number of nitrogens with two attached hydrogens (primary N) is 1. The van der Waals surface area contributed by atoms with E-state index in [2.05, 4.69) is 9.36 Å². The maximum absolute atomic E-state index is 10.6. The van der Waals surface area contributed by atoms with Gasteiger partial charge < -0.3 is 5.73 Å². The minimum Gasteiger partial charge on any atom is -0.369 e. The number of nitrogens with zero attached hydrogens (tertiary/aromatic N) is 2. The summed E-state index contributed by atoms with van der Waals surface area (Å²) < 4.78 is 3.75. The van der Waals surface area contributed by atoms with E-state index >= 15 is 0 Å². The number of carbonyl (C=O) groups excluding carboxylic acids is 1. The molecule has 0 aliphatic heterocycles. The molecule has 54 valence electrons. The zero-order valence-electron chi connectivity index (χ0n) is 5.44. The molecule has 0 radical (unpaired) electrons. The molecule has 2 N–H and O–H groups in total. The molecule has 0 bridgehead atoms. The molecule has 1 amide bonds. The van der Waals surface area contributed by atoms with Crippen LogP contribution in [0.25, 0.3) is 0 Å². The number of hydrogen-bond donors (Lipinski definition) is 1. The van der Waals surface area contributed by atoms with Gasteiger partial charge in [-0.3, -0.25) is 4.79 Å². The molecule has 0 aliphatic rings. The number of hydrogen-bond acceptors (Lipinski definition) is 4. The Balaban J connectivity index is 2.77. The van der Waals surface area contributed by atoms with Crippen LogP contribution in [0.15, 0.2) is 6.33 Å². The summed E-state index contributed by atoms with van der Waals surface area (Å²) in [5.41, 5.74) is 5.03. The van der Waals surface area contributed by atoms with Gasteiger partial charge in [0.25, 0.3) is 0 Å². The smallest absolute Gasteiger partial charge is 0.227 e. The Kier molecular flexibility index (Phi) is 1.96. The van der Waals surface area contributed by atoms with Gasteiger partial charge in [-0.05, 0) is 18.5 Å². The van der Waals surface area contributed by atoms with E-state index in [4.69, 9.17) is 5.73 Å². The molecule has 0 saturated heterocycles. The van der Waals surface area contributed by atoms with Gasteiger partial charge >= 0.3 is 0 Å². The third-order valence-electron chi connectivity index (χ3n) is 1.18. The van der Waals surface area contributed by atoms with Gasteiger partial charge in [0.1, 0.15) is 11.3 Å². The number of aromatic nitrogens is 2. The third kappa shape index (κ3) is 1.30. The molecule has 0 aromatic carbocycles. The van der Waals surface area contributed by atoms with Gasteiger partial charge in [-0.25, -0.2) is 4.98 Å². The van der Waals surface area contributed by atoms with Crippen molar-refractivity contribution in [2.45, 2.75) is 12.8 Å². The van der Waals surface area contributed by atoms with Crippen molar-refractivity contribution < 1.29 is 4.79 Å². The average molecular weight is 157 g/mol. The van der Waals surface area contributed by atoms with Crippen LogP contribution in [0.4, 0.5) is 0 Å². The fourth-order valence-corrected chi connectivity index (χ4v) is 1.06. The number of rotatable bonds is 2. The van der Waals surface area contributed by atoms with Gasteiger partial charge in [0.2, 0.25) is 5.91 Å². The SMILES string of the molecule is CC(C(N)=O)c1ncns1. The van der Waals surface area contributed by atoms with Gasteiger partial charge in [-0.15, -0.1) is 0 Å². The Hall–Kier alpha value is -0.970. The van der Waals surface area contributed by atoms with Crippen molar-refractivity contribution in [3.8, 4) is 0 Å². The molecule has 1 aromatic rings. The minimum absolute atomic E-state index is 0.313. The summed E-state index contributed by atoms with van der Waals surface area (Å²) in [5, 5.41) is 0.674. The van der Waals surface area contributed by atoms with E-state index in [-0.39, 0.29) is 11.8 Å². The largest absolute Gasteiger partial charge is 0.369 e. The molecule has 5 heteroatoms. The predicted molar refractivity (Wildman–Crippen MR) is 37.5 cm³/mol. The second kappa shape index (κ2) is 2.74. The molecule has 1 rings (SSSR count). The summed E-state index contributed by atoms with van der Waals surface area (Å²) in [6, 6.07) is 0. The van der Waals surface area contributed by atoms with Gasteiger partial charge in [-0.1, -0.05) is 0 Å². The van der Waals surface area contributed by atoms with Crippen molar-refractivity contribution in [1.82, 2.24) is 9.36 Å². The monoisotopic (exact) mass is 157 g/mol. The molecule has 10 heavy (non-hydrogen) atoms. The van der Waals surface area contributed by atoms with Crippen molar-refractivity contribution >= 4 is 17.4 Å². The van der Waals surface area contributed by atoms with Crippen molar-refractivity contribution in [1.29, 1.82) is 0 Å². The first-order valence-corrected chi connectivity index (χ1v) is 3.55. The van der Waals surface area contributed by atoms with E-state index in [1.165, 1.54) is 17.9 Å². The Morgan fingerprint density at radius 3 is 3.00 bits per heavy atom. The van der Waals surface area contributed by atoms with E-state index < -0.39 is 0 Å².